The third kappa shape index (κ3) is 3.68. The Hall–Kier alpha value is -1.65. The lowest BCUT2D eigenvalue weighted by Crippen LogP contribution is -2.21. The molecule has 18 heavy (non-hydrogen) atoms. The Balaban J connectivity index is 2.11. The summed E-state index contributed by atoms with van der Waals surface area (Å²) in [5, 5.41) is 0. The molecule has 0 aliphatic heterocycles. The molecule has 0 spiro atoms. The van der Waals surface area contributed by atoms with Crippen LogP contribution < -0.4 is 4.72 Å². The molecule has 0 heterocycles. The largest absolute Gasteiger partial charge is 0.213 e. The Labute approximate surface area is 108 Å². The van der Waals surface area contributed by atoms with E-state index < -0.39 is 10.0 Å². The zero-order chi connectivity index (χ0) is 13.0. The fraction of sp³-hybridized carbons (Fsp3) is 0.143. The molecule has 0 amide bonds. The van der Waals surface area contributed by atoms with E-state index in [1.807, 2.05) is 48.5 Å². The minimum atomic E-state index is -3.14. The monoisotopic (exact) mass is 260 g/mol. The van der Waals surface area contributed by atoms with Crippen LogP contribution in [-0.2, 0) is 16.6 Å². The van der Waals surface area contributed by atoms with E-state index in [1.54, 1.807) is 0 Å². The van der Waals surface area contributed by atoms with Gasteiger partial charge in [0, 0.05) is 6.54 Å². The van der Waals surface area contributed by atoms with Gasteiger partial charge in [0.15, 0.2) is 0 Å². The number of rotatable bonds is 4. The second kappa shape index (κ2) is 5.33. The SMILES string of the molecule is CS(=O)(=O)NCc1ccc(-c2c[c]ccc2)cc1. The highest BCUT2D eigenvalue weighted by molar-refractivity contribution is 7.88. The van der Waals surface area contributed by atoms with Gasteiger partial charge < -0.3 is 0 Å². The van der Waals surface area contributed by atoms with Crippen LogP contribution in [0.5, 0.6) is 0 Å². The van der Waals surface area contributed by atoms with Gasteiger partial charge in [0.1, 0.15) is 0 Å². The van der Waals surface area contributed by atoms with Crippen LogP contribution in [0.25, 0.3) is 11.1 Å². The van der Waals surface area contributed by atoms with Crippen molar-refractivity contribution < 1.29 is 8.42 Å². The molecular formula is C14H14NO2S. The van der Waals surface area contributed by atoms with Gasteiger partial charge in [-0.15, -0.1) is 0 Å². The number of nitrogens with one attached hydrogen (secondary N) is 1. The van der Waals surface area contributed by atoms with E-state index in [0.29, 0.717) is 6.54 Å². The topological polar surface area (TPSA) is 46.2 Å². The summed E-state index contributed by atoms with van der Waals surface area (Å²) in [6.07, 6.45) is 1.15. The molecule has 0 atom stereocenters. The molecule has 93 valence electrons. The van der Waals surface area contributed by atoms with Crippen molar-refractivity contribution in [1.29, 1.82) is 0 Å². The van der Waals surface area contributed by atoms with E-state index in [4.69, 9.17) is 0 Å². The van der Waals surface area contributed by atoms with Gasteiger partial charge in [-0.2, -0.15) is 0 Å². The highest BCUT2D eigenvalue weighted by Crippen LogP contribution is 2.18. The highest BCUT2D eigenvalue weighted by atomic mass is 32.2. The third-order valence-corrected chi connectivity index (χ3v) is 3.20. The molecular weight excluding hydrogens is 246 g/mol. The summed E-state index contributed by atoms with van der Waals surface area (Å²) in [5.74, 6) is 0. The maximum atomic E-state index is 11.0. The van der Waals surface area contributed by atoms with E-state index >= 15 is 0 Å². The van der Waals surface area contributed by atoms with Crippen LogP contribution in [0.1, 0.15) is 5.56 Å². The molecule has 2 aromatic carbocycles. The zero-order valence-electron chi connectivity index (χ0n) is 10.1. The Morgan fingerprint density at radius 1 is 1.11 bits per heavy atom. The molecule has 0 saturated carbocycles. The van der Waals surface area contributed by atoms with Crippen LogP contribution in [0.2, 0.25) is 0 Å². The van der Waals surface area contributed by atoms with Crippen LogP contribution in [0, 0.1) is 6.07 Å². The summed E-state index contributed by atoms with van der Waals surface area (Å²) in [7, 11) is -3.14. The van der Waals surface area contributed by atoms with Crippen molar-refractivity contribution in [2.24, 2.45) is 0 Å². The van der Waals surface area contributed by atoms with E-state index in [9.17, 15) is 8.42 Å². The lowest BCUT2D eigenvalue weighted by molar-refractivity contribution is 0.587. The predicted molar refractivity (Wildman–Crippen MR) is 72.4 cm³/mol. The first-order valence-corrected chi connectivity index (χ1v) is 7.44. The Kier molecular flexibility index (Phi) is 3.79. The lowest BCUT2D eigenvalue weighted by Gasteiger charge is -2.05. The Morgan fingerprint density at radius 2 is 1.83 bits per heavy atom. The van der Waals surface area contributed by atoms with Gasteiger partial charge in [0.2, 0.25) is 10.0 Å². The standard InChI is InChI=1S/C14H14NO2S/c1-18(16,17)15-11-12-7-9-14(10-8-12)13-5-3-2-4-6-13/h2-3,5-10,15H,11H2,1H3. The van der Waals surface area contributed by atoms with Gasteiger partial charge in [0.05, 0.1) is 6.26 Å². The molecule has 1 N–H and O–H groups in total. The minimum Gasteiger partial charge on any atom is -0.213 e. The maximum Gasteiger partial charge on any atom is 0.209 e. The van der Waals surface area contributed by atoms with Crippen LogP contribution in [0.4, 0.5) is 0 Å². The number of hydrogen-bond acceptors (Lipinski definition) is 2. The van der Waals surface area contributed by atoms with Crippen LogP contribution in [0.3, 0.4) is 0 Å². The Morgan fingerprint density at radius 3 is 2.39 bits per heavy atom. The number of hydrogen-bond donors (Lipinski definition) is 1. The predicted octanol–water partition coefficient (Wildman–Crippen LogP) is 2.20. The average Bonchev–Trinajstić information content (AvgIpc) is 2.37. The van der Waals surface area contributed by atoms with Gasteiger partial charge in [-0.1, -0.05) is 42.5 Å². The van der Waals surface area contributed by atoms with Crippen molar-refractivity contribution in [3.63, 3.8) is 0 Å². The van der Waals surface area contributed by atoms with E-state index in [1.165, 1.54) is 0 Å². The number of benzene rings is 2. The van der Waals surface area contributed by atoms with Crippen molar-refractivity contribution >= 4 is 10.0 Å². The molecule has 3 nitrogen and oxygen atoms in total. The normalized spacial score (nSPS) is 11.4. The molecule has 0 aliphatic carbocycles. The third-order valence-electron chi connectivity index (χ3n) is 2.53. The van der Waals surface area contributed by atoms with Crippen molar-refractivity contribution in [2.75, 3.05) is 6.26 Å². The van der Waals surface area contributed by atoms with Crippen molar-refractivity contribution in [3.05, 3.63) is 60.2 Å². The summed E-state index contributed by atoms with van der Waals surface area (Å²) in [6, 6.07) is 18.5. The first kappa shape index (κ1) is 12.8. The van der Waals surface area contributed by atoms with Crippen molar-refractivity contribution in [1.82, 2.24) is 4.72 Å². The van der Waals surface area contributed by atoms with E-state index in [-0.39, 0.29) is 0 Å². The highest BCUT2D eigenvalue weighted by Gasteiger charge is 2.01. The maximum absolute atomic E-state index is 11.0. The van der Waals surface area contributed by atoms with Gasteiger partial charge in [-0.3, -0.25) is 0 Å². The second-order valence-electron chi connectivity index (χ2n) is 4.08. The summed E-state index contributed by atoms with van der Waals surface area (Å²) in [4.78, 5) is 0. The molecule has 0 aliphatic rings. The first-order chi connectivity index (χ1) is 8.54. The molecule has 2 aromatic rings. The number of sulfonamides is 1. The minimum absolute atomic E-state index is 0.319. The summed E-state index contributed by atoms with van der Waals surface area (Å²) >= 11 is 0. The molecule has 0 unspecified atom stereocenters. The smallest absolute Gasteiger partial charge is 0.209 e. The van der Waals surface area contributed by atoms with Crippen LogP contribution in [0.15, 0.2) is 48.5 Å². The molecule has 4 heteroatoms. The van der Waals surface area contributed by atoms with Gasteiger partial charge in [-0.05, 0) is 28.8 Å². The lowest BCUT2D eigenvalue weighted by atomic mass is 10.0. The molecule has 0 aromatic heterocycles. The van der Waals surface area contributed by atoms with Crippen molar-refractivity contribution in [3.8, 4) is 11.1 Å². The molecule has 1 radical (unpaired) electrons. The quantitative estimate of drug-likeness (QED) is 0.916. The molecule has 0 bridgehead atoms. The van der Waals surface area contributed by atoms with Crippen LogP contribution in [-0.4, -0.2) is 14.7 Å². The van der Waals surface area contributed by atoms with Gasteiger partial charge in [-0.25, -0.2) is 13.1 Å². The molecule has 0 saturated heterocycles. The summed E-state index contributed by atoms with van der Waals surface area (Å²) < 4.78 is 24.4. The average molecular weight is 260 g/mol. The van der Waals surface area contributed by atoms with E-state index in [2.05, 4.69) is 10.8 Å². The van der Waals surface area contributed by atoms with Gasteiger partial charge >= 0.3 is 0 Å². The van der Waals surface area contributed by atoms with Crippen molar-refractivity contribution in [2.45, 2.75) is 6.54 Å². The summed E-state index contributed by atoms with van der Waals surface area (Å²) in [6.45, 7) is 0.319. The zero-order valence-corrected chi connectivity index (χ0v) is 10.9. The fourth-order valence-electron chi connectivity index (χ4n) is 1.60. The Bertz CT molecular complexity index is 604. The fourth-order valence-corrected chi connectivity index (χ4v) is 2.03. The first-order valence-electron chi connectivity index (χ1n) is 5.55. The molecule has 0 fully saturated rings. The second-order valence-corrected chi connectivity index (χ2v) is 5.92. The summed E-state index contributed by atoms with van der Waals surface area (Å²) in [5.41, 5.74) is 3.12. The molecule has 2 rings (SSSR count). The van der Waals surface area contributed by atoms with E-state index in [0.717, 1.165) is 22.9 Å². The van der Waals surface area contributed by atoms with Crippen LogP contribution >= 0.6 is 0 Å². The van der Waals surface area contributed by atoms with Gasteiger partial charge in [0.25, 0.3) is 0 Å².